The van der Waals surface area contributed by atoms with Crippen molar-refractivity contribution in [3.63, 3.8) is 0 Å². The Kier molecular flexibility index (Phi) is 6.06. The maximum absolute atomic E-state index is 10.3. The van der Waals surface area contributed by atoms with Crippen LogP contribution in [0, 0.1) is 0 Å². The molecule has 1 aromatic heterocycles. The molecule has 0 amide bonds. The van der Waals surface area contributed by atoms with E-state index in [0.29, 0.717) is 5.02 Å². The highest BCUT2D eigenvalue weighted by Gasteiger charge is 2.09. The van der Waals surface area contributed by atoms with E-state index in [-0.39, 0.29) is 0 Å². The monoisotopic (exact) mass is 375 g/mol. The first-order valence-corrected chi connectivity index (χ1v) is 9.47. The number of aryl methyl sites for hydroxylation is 2. The predicted molar refractivity (Wildman–Crippen MR) is 107 cm³/mol. The fraction of sp³-hybridized carbons (Fsp3) is 0.333. The van der Waals surface area contributed by atoms with Gasteiger partial charge in [0.25, 0.3) is 0 Å². The fourth-order valence-corrected chi connectivity index (χ4v) is 3.70. The highest BCUT2D eigenvalue weighted by Crippen LogP contribution is 2.25. The van der Waals surface area contributed by atoms with Crippen molar-refractivity contribution >= 4 is 34.1 Å². The van der Waals surface area contributed by atoms with Crippen LogP contribution < -0.4 is 0 Å². The fourth-order valence-electron chi connectivity index (χ4n) is 3.32. The molecule has 4 heteroatoms. The molecule has 25 heavy (non-hydrogen) atoms. The molecular formula is C21H23Cl2NO. The molecule has 0 radical (unpaired) electrons. The second-order valence-electron chi connectivity index (χ2n) is 6.57. The second kappa shape index (κ2) is 8.27. The summed E-state index contributed by atoms with van der Waals surface area (Å²) in [5, 5.41) is 12.9. The minimum Gasteiger partial charge on any atom is -0.388 e. The first-order valence-electron chi connectivity index (χ1n) is 8.72. The van der Waals surface area contributed by atoms with Gasteiger partial charge in [-0.1, -0.05) is 48.2 Å². The number of benzene rings is 2. The molecule has 0 aliphatic carbocycles. The summed E-state index contributed by atoms with van der Waals surface area (Å²) >= 11 is 12.1. The summed E-state index contributed by atoms with van der Waals surface area (Å²) in [6.45, 7) is 0. The normalized spacial score (nSPS) is 12.6. The van der Waals surface area contributed by atoms with Crippen molar-refractivity contribution in [2.45, 2.75) is 38.2 Å². The minimum absolute atomic E-state index is 0.432. The summed E-state index contributed by atoms with van der Waals surface area (Å²) in [7, 11) is 2.11. The number of fused-ring (bicyclic) bond motifs is 1. The van der Waals surface area contributed by atoms with E-state index >= 15 is 0 Å². The maximum Gasteiger partial charge on any atom is 0.0790 e. The third-order valence-electron chi connectivity index (χ3n) is 4.75. The van der Waals surface area contributed by atoms with Crippen molar-refractivity contribution in [1.29, 1.82) is 0 Å². The summed E-state index contributed by atoms with van der Waals surface area (Å²) in [6, 6.07) is 15.7. The molecule has 1 N–H and O–H groups in total. The van der Waals surface area contributed by atoms with E-state index in [9.17, 15) is 5.11 Å². The summed E-state index contributed by atoms with van der Waals surface area (Å²) in [5.74, 6) is 0. The van der Waals surface area contributed by atoms with E-state index in [0.717, 1.165) is 42.7 Å². The van der Waals surface area contributed by atoms with Crippen LogP contribution in [-0.4, -0.2) is 9.67 Å². The topological polar surface area (TPSA) is 25.2 Å². The molecule has 2 aromatic carbocycles. The number of nitrogens with zero attached hydrogens (tertiary/aromatic N) is 1. The van der Waals surface area contributed by atoms with Gasteiger partial charge in [0.05, 0.1) is 6.10 Å². The van der Waals surface area contributed by atoms with Crippen LogP contribution in [0.3, 0.4) is 0 Å². The van der Waals surface area contributed by atoms with Crippen LogP contribution in [0.25, 0.3) is 10.9 Å². The molecule has 0 saturated carbocycles. The van der Waals surface area contributed by atoms with Gasteiger partial charge in [0, 0.05) is 33.7 Å². The summed E-state index contributed by atoms with van der Waals surface area (Å²) in [4.78, 5) is 0. The van der Waals surface area contributed by atoms with Crippen LogP contribution in [0.1, 0.15) is 43.0 Å². The average Bonchev–Trinajstić information content (AvgIpc) is 2.89. The lowest BCUT2D eigenvalue weighted by atomic mass is 10.0. The quantitative estimate of drug-likeness (QED) is 0.480. The Balaban J connectivity index is 1.48. The molecule has 132 valence electrons. The molecule has 0 fully saturated rings. The van der Waals surface area contributed by atoms with Crippen LogP contribution in [0.2, 0.25) is 10.0 Å². The molecule has 1 atom stereocenters. The van der Waals surface area contributed by atoms with Gasteiger partial charge >= 0.3 is 0 Å². The Hall–Kier alpha value is -1.48. The van der Waals surface area contributed by atoms with Crippen molar-refractivity contribution in [2.24, 2.45) is 7.05 Å². The van der Waals surface area contributed by atoms with Gasteiger partial charge in [-0.05, 0) is 61.2 Å². The molecule has 3 rings (SSSR count). The van der Waals surface area contributed by atoms with Crippen LogP contribution in [0.5, 0.6) is 0 Å². The number of hydrogen-bond donors (Lipinski definition) is 1. The molecule has 1 unspecified atom stereocenters. The van der Waals surface area contributed by atoms with E-state index in [1.54, 1.807) is 0 Å². The summed E-state index contributed by atoms with van der Waals surface area (Å²) in [6.07, 6.45) is 4.59. The zero-order valence-electron chi connectivity index (χ0n) is 14.4. The maximum atomic E-state index is 10.3. The summed E-state index contributed by atoms with van der Waals surface area (Å²) < 4.78 is 2.24. The zero-order valence-corrected chi connectivity index (χ0v) is 15.9. The SMILES string of the molecule is Cn1c(CCCCCC(O)c2cccc(Cl)c2)cc2cc(Cl)ccc21. The van der Waals surface area contributed by atoms with Gasteiger partial charge < -0.3 is 9.67 Å². The number of aromatic nitrogens is 1. The number of hydrogen-bond acceptors (Lipinski definition) is 1. The average molecular weight is 376 g/mol. The smallest absolute Gasteiger partial charge is 0.0790 e. The van der Waals surface area contributed by atoms with Gasteiger partial charge in [-0.3, -0.25) is 0 Å². The van der Waals surface area contributed by atoms with Gasteiger partial charge in [-0.15, -0.1) is 0 Å². The Morgan fingerprint density at radius 1 is 0.960 bits per heavy atom. The van der Waals surface area contributed by atoms with Gasteiger partial charge in [-0.2, -0.15) is 0 Å². The molecule has 3 aromatic rings. The molecule has 0 aliphatic heterocycles. The Bertz CT molecular complexity index is 856. The molecule has 0 saturated heterocycles. The van der Waals surface area contributed by atoms with Gasteiger partial charge in [0.15, 0.2) is 0 Å². The van der Waals surface area contributed by atoms with Crippen LogP contribution >= 0.6 is 23.2 Å². The number of aliphatic hydroxyl groups excluding tert-OH is 1. The highest BCUT2D eigenvalue weighted by atomic mass is 35.5. The van der Waals surface area contributed by atoms with E-state index in [2.05, 4.69) is 23.7 Å². The molecule has 0 spiro atoms. The van der Waals surface area contributed by atoms with Gasteiger partial charge in [0.2, 0.25) is 0 Å². The number of rotatable bonds is 7. The zero-order chi connectivity index (χ0) is 17.8. The van der Waals surface area contributed by atoms with Crippen molar-refractivity contribution in [3.05, 3.63) is 69.8 Å². The third kappa shape index (κ3) is 4.58. The van der Waals surface area contributed by atoms with Crippen LogP contribution in [-0.2, 0) is 13.5 Å². The van der Waals surface area contributed by atoms with E-state index in [1.165, 1.54) is 16.6 Å². The molecular weight excluding hydrogens is 353 g/mol. The largest absolute Gasteiger partial charge is 0.388 e. The van der Waals surface area contributed by atoms with E-state index in [4.69, 9.17) is 23.2 Å². The van der Waals surface area contributed by atoms with Crippen molar-refractivity contribution in [3.8, 4) is 0 Å². The Labute approximate surface area is 159 Å². The second-order valence-corrected chi connectivity index (χ2v) is 7.44. The van der Waals surface area contributed by atoms with E-state index in [1.807, 2.05) is 36.4 Å². The standard InChI is InChI=1S/C21H23Cl2NO/c1-24-19(14-16-13-18(23)10-11-20(16)24)8-3-2-4-9-21(25)15-6-5-7-17(22)12-15/h5-7,10-14,21,25H,2-4,8-9H2,1H3. The predicted octanol–water partition coefficient (Wildman–Crippen LogP) is 6.32. The Morgan fingerprint density at radius 2 is 1.76 bits per heavy atom. The van der Waals surface area contributed by atoms with Crippen LogP contribution in [0.15, 0.2) is 48.5 Å². The molecule has 0 aliphatic rings. The lowest BCUT2D eigenvalue weighted by Gasteiger charge is -2.11. The lowest BCUT2D eigenvalue weighted by molar-refractivity contribution is 0.163. The van der Waals surface area contributed by atoms with Gasteiger partial charge in [-0.25, -0.2) is 0 Å². The Morgan fingerprint density at radius 3 is 2.56 bits per heavy atom. The molecule has 2 nitrogen and oxygen atoms in total. The molecule has 1 heterocycles. The van der Waals surface area contributed by atoms with Crippen molar-refractivity contribution < 1.29 is 5.11 Å². The lowest BCUT2D eigenvalue weighted by Crippen LogP contribution is -1.99. The number of aliphatic hydroxyl groups is 1. The highest BCUT2D eigenvalue weighted by molar-refractivity contribution is 6.31. The minimum atomic E-state index is -0.432. The van der Waals surface area contributed by atoms with Crippen LogP contribution in [0.4, 0.5) is 0 Å². The first-order chi connectivity index (χ1) is 12.0. The first kappa shape index (κ1) is 18.3. The summed E-state index contributed by atoms with van der Waals surface area (Å²) in [5.41, 5.74) is 3.45. The van der Waals surface area contributed by atoms with Gasteiger partial charge in [0.1, 0.15) is 0 Å². The third-order valence-corrected chi connectivity index (χ3v) is 5.22. The molecule has 0 bridgehead atoms. The van der Waals surface area contributed by atoms with Crippen molar-refractivity contribution in [2.75, 3.05) is 0 Å². The van der Waals surface area contributed by atoms with Crippen molar-refractivity contribution in [1.82, 2.24) is 4.57 Å². The van der Waals surface area contributed by atoms with E-state index < -0.39 is 6.10 Å². The number of unbranched alkanes of at least 4 members (excludes halogenated alkanes) is 2. The number of halogens is 2.